The van der Waals surface area contributed by atoms with Gasteiger partial charge in [0, 0.05) is 12.5 Å². The number of amides is 1. The molecule has 4 aliphatic rings. The summed E-state index contributed by atoms with van der Waals surface area (Å²) >= 11 is 0. The molecule has 31 heavy (non-hydrogen) atoms. The lowest BCUT2D eigenvalue weighted by Gasteiger charge is -2.62. The third-order valence-electron chi connectivity index (χ3n) is 10.7. The molecule has 4 fully saturated rings. The van der Waals surface area contributed by atoms with Gasteiger partial charge in [-0.2, -0.15) is 0 Å². The van der Waals surface area contributed by atoms with Crippen molar-refractivity contribution in [2.24, 2.45) is 46.3 Å². The fourth-order valence-electron chi connectivity index (χ4n) is 9.13. The zero-order valence-corrected chi connectivity index (χ0v) is 20.6. The summed E-state index contributed by atoms with van der Waals surface area (Å²) < 4.78 is 0. The van der Waals surface area contributed by atoms with Crippen LogP contribution in [0.4, 0.5) is 0 Å². The molecule has 4 rings (SSSR count). The van der Waals surface area contributed by atoms with E-state index in [0.29, 0.717) is 52.8 Å². The highest BCUT2D eigenvalue weighted by atomic mass is 16.3. The predicted molar refractivity (Wildman–Crippen MR) is 124 cm³/mol. The van der Waals surface area contributed by atoms with Crippen LogP contribution in [-0.4, -0.2) is 34.4 Å². The van der Waals surface area contributed by atoms with Gasteiger partial charge in [0.05, 0.1) is 12.2 Å². The summed E-state index contributed by atoms with van der Waals surface area (Å²) in [6.45, 7) is 11.4. The summed E-state index contributed by atoms with van der Waals surface area (Å²) in [5.74, 6) is 3.53. The molecule has 0 saturated heterocycles. The van der Waals surface area contributed by atoms with E-state index in [1.54, 1.807) is 0 Å². The molecular formula is C27H47NO3. The van der Waals surface area contributed by atoms with Gasteiger partial charge < -0.3 is 15.5 Å². The number of fused-ring (bicyclic) bond motifs is 5. The quantitative estimate of drug-likeness (QED) is 0.576. The van der Waals surface area contributed by atoms with Crippen LogP contribution in [0.25, 0.3) is 0 Å². The molecule has 1 amide bonds. The van der Waals surface area contributed by atoms with Crippen molar-refractivity contribution in [2.75, 3.05) is 0 Å². The van der Waals surface area contributed by atoms with Crippen molar-refractivity contribution < 1.29 is 15.0 Å². The number of aliphatic hydroxyl groups is 2. The van der Waals surface area contributed by atoms with E-state index in [0.717, 1.165) is 32.1 Å². The number of rotatable bonds is 5. The predicted octanol–water partition coefficient (Wildman–Crippen LogP) is 4.92. The minimum absolute atomic E-state index is 0.166. The van der Waals surface area contributed by atoms with E-state index in [4.69, 9.17) is 0 Å². The van der Waals surface area contributed by atoms with E-state index >= 15 is 0 Å². The molecule has 4 heteroatoms. The van der Waals surface area contributed by atoms with Crippen molar-refractivity contribution in [3.8, 4) is 0 Å². The molecule has 0 heterocycles. The van der Waals surface area contributed by atoms with E-state index in [2.05, 4.69) is 26.1 Å². The monoisotopic (exact) mass is 433 g/mol. The topological polar surface area (TPSA) is 69.6 Å². The normalized spacial score (nSPS) is 47.9. The van der Waals surface area contributed by atoms with Crippen LogP contribution in [0.15, 0.2) is 0 Å². The lowest BCUT2D eigenvalue weighted by atomic mass is 9.43. The second-order valence-electron chi connectivity index (χ2n) is 12.7. The van der Waals surface area contributed by atoms with Crippen LogP contribution < -0.4 is 5.32 Å². The van der Waals surface area contributed by atoms with E-state index in [-0.39, 0.29) is 24.2 Å². The first kappa shape index (κ1) is 23.5. The minimum Gasteiger partial charge on any atom is -0.393 e. The maximum Gasteiger partial charge on any atom is 0.220 e. The molecule has 0 aromatic heterocycles. The van der Waals surface area contributed by atoms with Gasteiger partial charge in [0.15, 0.2) is 0 Å². The van der Waals surface area contributed by atoms with Gasteiger partial charge in [-0.05, 0) is 118 Å². The maximum absolute atomic E-state index is 12.2. The number of carbonyl (C=O) groups excluding carboxylic acids is 1. The van der Waals surface area contributed by atoms with E-state index in [9.17, 15) is 15.0 Å². The Bertz CT molecular complexity index is 665. The summed E-state index contributed by atoms with van der Waals surface area (Å²) in [5, 5.41) is 24.7. The summed E-state index contributed by atoms with van der Waals surface area (Å²) in [6.07, 6.45) is 10.1. The van der Waals surface area contributed by atoms with Gasteiger partial charge in [-0.25, -0.2) is 0 Å². The van der Waals surface area contributed by atoms with Crippen LogP contribution in [0.2, 0.25) is 0 Å². The second kappa shape index (κ2) is 8.63. The SMILES string of the molecule is CC(C)NC(=O)CC[C@@H](C)[C@H]1CC[C@H]2[C@@H]3C(O)C[C@@H]4C[C@H](O)CC[C@]4(C)[C@H]3CC[C@]12C. The Morgan fingerprint density at radius 1 is 0.968 bits per heavy atom. The molecule has 0 aliphatic heterocycles. The number of hydrogen-bond acceptors (Lipinski definition) is 3. The molecule has 3 N–H and O–H groups in total. The van der Waals surface area contributed by atoms with Crippen molar-refractivity contribution >= 4 is 5.91 Å². The lowest BCUT2D eigenvalue weighted by Crippen LogP contribution is -2.58. The highest BCUT2D eigenvalue weighted by molar-refractivity contribution is 5.76. The van der Waals surface area contributed by atoms with Crippen LogP contribution in [0.1, 0.15) is 98.8 Å². The minimum atomic E-state index is -0.205. The molecule has 0 bridgehead atoms. The Balaban J connectivity index is 1.47. The van der Waals surface area contributed by atoms with Gasteiger partial charge in [-0.15, -0.1) is 0 Å². The molecule has 4 saturated carbocycles. The number of aliphatic hydroxyl groups excluding tert-OH is 2. The van der Waals surface area contributed by atoms with Crippen LogP contribution in [0.3, 0.4) is 0 Å². The van der Waals surface area contributed by atoms with Crippen molar-refractivity contribution in [1.29, 1.82) is 0 Å². The highest BCUT2D eigenvalue weighted by Gasteiger charge is 2.62. The molecule has 10 atom stereocenters. The third kappa shape index (κ3) is 4.09. The van der Waals surface area contributed by atoms with Crippen molar-refractivity contribution in [2.45, 2.75) is 117 Å². The van der Waals surface area contributed by atoms with Gasteiger partial charge in [0.1, 0.15) is 0 Å². The first-order valence-electron chi connectivity index (χ1n) is 13.2. The largest absolute Gasteiger partial charge is 0.393 e. The van der Waals surface area contributed by atoms with Crippen LogP contribution in [-0.2, 0) is 4.79 Å². The maximum atomic E-state index is 12.2. The summed E-state index contributed by atoms with van der Waals surface area (Å²) in [7, 11) is 0. The molecule has 1 unspecified atom stereocenters. The molecule has 0 aromatic carbocycles. The van der Waals surface area contributed by atoms with Gasteiger partial charge in [-0.3, -0.25) is 4.79 Å². The Hall–Kier alpha value is -0.610. The van der Waals surface area contributed by atoms with Gasteiger partial charge in [0.2, 0.25) is 5.91 Å². The summed E-state index contributed by atoms with van der Waals surface area (Å²) in [5.41, 5.74) is 0.594. The number of carbonyl (C=O) groups is 1. The second-order valence-corrected chi connectivity index (χ2v) is 12.7. The van der Waals surface area contributed by atoms with Gasteiger partial charge in [-0.1, -0.05) is 20.8 Å². The first-order valence-corrected chi connectivity index (χ1v) is 13.2. The molecule has 0 radical (unpaired) electrons. The zero-order valence-electron chi connectivity index (χ0n) is 20.6. The molecule has 178 valence electrons. The van der Waals surface area contributed by atoms with Crippen LogP contribution in [0, 0.1) is 46.3 Å². The Morgan fingerprint density at radius 3 is 2.35 bits per heavy atom. The molecule has 0 spiro atoms. The third-order valence-corrected chi connectivity index (χ3v) is 10.7. The Kier molecular flexibility index (Phi) is 6.55. The number of hydrogen-bond donors (Lipinski definition) is 3. The van der Waals surface area contributed by atoms with Crippen molar-refractivity contribution in [3.63, 3.8) is 0 Å². The van der Waals surface area contributed by atoms with Crippen molar-refractivity contribution in [1.82, 2.24) is 5.32 Å². The highest BCUT2D eigenvalue weighted by Crippen LogP contribution is 2.68. The molecule has 4 nitrogen and oxygen atoms in total. The zero-order chi connectivity index (χ0) is 22.6. The average Bonchev–Trinajstić information content (AvgIpc) is 3.04. The number of nitrogens with one attached hydrogen (secondary N) is 1. The average molecular weight is 434 g/mol. The summed E-state index contributed by atoms with van der Waals surface area (Å²) in [4.78, 5) is 12.2. The first-order chi connectivity index (χ1) is 14.6. The molecule has 4 aliphatic carbocycles. The Morgan fingerprint density at radius 2 is 1.65 bits per heavy atom. The molecule has 0 aromatic rings. The fraction of sp³-hybridized carbons (Fsp3) is 0.963. The van der Waals surface area contributed by atoms with Crippen LogP contribution >= 0.6 is 0 Å². The van der Waals surface area contributed by atoms with Crippen molar-refractivity contribution in [3.05, 3.63) is 0 Å². The fourth-order valence-corrected chi connectivity index (χ4v) is 9.13. The standard InChI is InChI=1S/C27H47NO3/c1-16(2)28-24(31)9-6-17(3)20-7-8-21-25-22(11-13-27(20,21)5)26(4)12-10-19(29)14-18(26)15-23(25)30/h16-23,25,29-30H,6-15H2,1-5H3,(H,28,31)/t17-,18+,19-,20-,21+,22+,23?,25+,26+,27-/m1/s1. The lowest BCUT2D eigenvalue weighted by molar-refractivity contribution is -0.174. The van der Waals surface area contributed by atoms with E-state index in [1.165, 1.54) is 25.7 Å². The van der Waals surface area contributed by atoms with E-state index in [1.807, 2.05) is 13.8 Å². The van der Waals surface area contributed by atoms with Crippen LogP contribution in [0.5, 0.6) is 0 Å². The van der Waals surface area contributed by atoms with E-state index < -0.39 is 0 Å². The smallest absolute Gasteiger partial charge is 0.220 e. The van der Waals surface area contributed by atoms with Gasteiger partial charge >= 0.3 is 0 Å². The Labute approximate surface area is 190 Å². The summed E-state index contributed by atoms with van der Waals surface area (Å²) in [6, 6.07) is 0.213. The molecular weight excluding hydrogens is 386 g/mol. The van der Waals surface area contributed by atoms with Gasteiger partial charge in [0.25, 0.3) is 0 Å².